The number of benzene rings is 2. The Balaban J connectivity index is 1.48. The molecular formula is C26H27N5O3. The van der Waals surface area contributed by atoms with Crippen LogP contribution in [-0.4, -0.2) is 42.2 Å². The van der Waals surface area contributed by atoms with Crippen LogP contribution in [0.25, 0.3) is 27.9 Å². The largest absolute Gasteiger partial charge is 0.478 e. The van der Waals surface area contributed by atoms with E-state index in [0.29, 0.717) is 12.2 Å². The molecule has 1 fully saturated rings. The van der Waals surface area contributed by atoms with Gasteiger partial charge in [0, 0.05) is 31.0 Å². The topological polar surface area (TPSA) is 95.1 Å². The molecule has 8 heteroatoms. The van der Waals surface area contributed by atoms with Crippen molar-refractivity contribution in [2.24, 2.45) is 7.05 Å². The van der Waals surface area contributed by atoms with Crippen LogP contribution in [-0.2, 0) is 18.2 Å². The van der Waals surface area contributed by atoms with Gasteiger partial charge < -0.3 is 9.84 Å². The summed E-state index contributed by atoms with van der Waals surface area (Å²) in [5.41, 5.74) is 5.21. The van der Waals surface area contributed by atoms with Gasteiger partial charge in [0.1, 0.15) is 5.82 Å². The van der Waals surface area contributed by atoms with Crippen molar-refractivity contribution in [1.29, 1.82) is 0 Å². The minimum atomic E-state index is -0.956. The Morgan fingerprint density at radius 3 is 2.68 bits per heavy atom. The molecule has 1 aliphatic rings. The quantitative estimate of drug-likeness (QED) is 0.445. The first-order valence-electron chi connectivity index (χ1n) is 11.4. The number of nitrogens with zero attached hydrogens (tertiary/aromatic N) is 5. The molecule has 2 aromatic heterocycles. The number of allylic oxidation sites excluding steroid dienone is 1. The van der Waals surface area contributed by atoms with E-state index in [1.165, 1.54) is 0 Å². The van der Waals surface area contributed by atoms with E-state index in [-0.39, 0.29) is 11.8 Å². The van der Waals surface area contributed by atoms with Crippen molar-refractivity contribution in [2.45, 2.75) is 38.8 Å². The molecular weight excluding hydrogens is 430 g/mol. The van der Waals surface area contributed by atoms with Crippen molar-refractivity contribution in [2.75, 3.05) is 6.61 Å². The Labute approximate surface area is 197 Å². The molecule has 2 aromatic carbocycles. The van der Waals surface area contributed by atoms with E-state index < -0.39 is 5.97 Å². The zero-order chi connectivity index (χ0) is 23.8. The van der Waals surface area contributed by atoms with Gasteiger partial charge in [0.25, 0.3) is 0 Å². The summed E-state index contributed by atoms with van der Waals surface area (Å²) in [7, 11) is 1.87. The predicted molar refractivity (Wildman–Crippen MR) is 129 cm³/mol. The maximum absolute atomic E-state index is 11.1. The Bertz CT molecular complexity index is 1380. The number of aryl methyl sites for hydroxylation is 1. The molecule has 34 heavy (non-hydrogen) atoms. The van der Waals surface area contributed by atoms with Gasteiger partial charge in [-0.25, -0.2) is 14.5 Å². The molecule has 0 bridgehead atoms. The lowest BCUT2D eigenvalue weighted by Gasteiger charge is -2.23. The second-order valence-corrected chi connectivity index (χ2v) is 8.76. The number of aromatic carboxylic acids is 1. The molecule has 5 rings (SSSR count). The highest BCUT2D eigenvalue weighted by molar-refractivity contribution is 5.92. The molecule has 0 amide bonds. The highest BCUT2D eigenvalue weighted by Gasteiger charge is 2.21. The SMILES string of the molecule is C=C(C)c1c(Cc2nc(-c3ccc(C(=O)O)cc3)nn2C)ccc2c1cnn2C1CCCCO1. The first-order chi connectivity index (χ1) is 16.4. The smallest absolute Gasteiger partial charge is 0.335 e. The minimum absolute atomic E-state index is 0.0242. The maximum atomic E-state index is 11.1. The van der Waals surface area contributed by atoms with Gasteiger partial charge in [-0.15, -0.1) is 0 Å². The number of hydrogen-bond acceptors (Lipinski definition) is 5. The summed E-state index contributed by atoms with van der Waals surface area (Å²) in [6.07, 6.45) is 5.68. The lowest BCUT2D eigenvalue weighted by molar-refractivity contribution is -0.0366. The number of ether oxygens (including phenoxy) is 1. The molecule has 1 atom stereocenters. The van der Waals surface area contributed by atoms with Crippen LogP contribution >= 0.6 is 0 Å². The number of fused-ring (bicyclic) bond motifs is 1. The fraction of sp³-hybridized carbons (Fsp3) is 0.308. The molecule has 1 unspecified atom stereocenters. The average Bonchev–Trinajstić information content (AvgIpc) is 3.43. The van der Waals surface area contributed by atoms with E-state index >= 15 is 0 Å². The third-order valence-electron chi connectivity index (χ3n) is 6.31. The number of carbonyl (C=O) groups is 1. The number of rotatable bonds is 6. The number of aromatic nitrogens is 5. The molecule has 0 aliphatic carbocycles. The van der Waals surface area contributed by atoms with E-state index in [9.17, 15) is 4.79 Å². The normalized spacial score (nSPS) is 16.1. The summed E-state index contributed by atoms with van der Waals surface area (Å²) in [6, 6.07) is 10.8. The van der Waals surface area contributed by atoms with Gasteiger partial charge in [-0.05, 0) is 55.5 Å². The standard InChI is InChI=1S/C26H27N5O3/c1-16(2)24-19(11-12-21-20(24)15-27-31(21)23-6-4-5-13-34-23)14-22-28-25(29-30(22)3)17-7-9-18(10-8-17)26(32)33/h7-12,15,23H,1,4-6,13-14H2,2-3H3,(H,32,33). The van der Waals surface area contributed by atoms with Crippen LogP contribution in [0.5, 0.6) is 0 Å². The Morgan fingerprint density at radius 2 is 2.00 bits per heavy atom. The minimum Gasteiger partial charge on any atom is -0.478 e. The molecule has 8 nitrogen and oxygen atoms in total. The van der Waals surface area contributed by atoms with Crippen LogP contribution in [0.2, 0.25) is 0 Å². The van der Waals surface area contributed by atoms with Crippen LogP contribution in [0.3, 0.4) is 0 Å². The summed E-state index contributed by atoms with van der Waals surface area (Å²) in [5, 5.41) is 19.4. The maximum Gasteiger partial charge on any atom is 0.335 e. The molecule has 0 spiro atoms. The molecule has 0 radical (unpaired) electrons. The first kappa shape index (κ1) is 22.0. The molecule has 0 saturated carbocycles. The molecule has 4 aromatic rings. The summed E-state index contributed by atoms with van der Waals surface area (Å²) < 4.78 is 9.72. The van der Waals surface area contributed by atoms with Crippen molar-refractivity contribution in [3.8, 4) is 11.4 Å². The van der Waals surface area contributed by atoms with Crippen LogP contribution in [0.1, 0.15) is 59.7 Å². The fourth-order valence-electron chi connectivity index (χ4n) is 4.59. The van der Waals surface area contributed by atoms with Crippen LogP contribution in [0, 0.1) is 0 Å². The van der Waals surface area contributed by atoms with Crippen LogP contribution in [0.4, 0.5) is 0 Å². The van der Waals surface area contributed by atoms with E-state index in [1.807, 2.05) is 24.9 Å². The van der Waals surface area contributed by atoms with Gasteiger partial charge in [0.15, 0.2) is 12.1 Å². The molecule has 1 aliphatic heterocycles. The first-order valence-corrected chi connectivity index (χ1v) is 11.4. The third kappa shape index (κ3) is 4.01. The van der Waals surface area contributed by atoms with E-state index in [1.54, 1.807) is 28.9 Å². The highest BCUT2D eigenvalue weighted by Crippen LogP contribution is 2.33. The predicted octanol–water partition coefficient (Wildman–Crippen LogP) is 4.85. The van der Waals surface area contributed by atoms with Gasteiger partial charge >= 0.3 is 5.97 Å². The van der Waals surface area contributed by atoms with Gasteiger partial charge in [-0.3, -0.25) is 4.68 Å². The van der Waals surface area contributed by atoms with Crippen molar-refractivity contribution < 1.29 is 14.6 Å². The van der Waals surface area contributed by atoms with Gasteiger partial charge in [0.2, 0.25) is 0 Å². The monoisotopic (exact) mass is 457 g/mol. The molecule has 1 saturated heterocycles. The number of hydrogen-bond donors (Lipinski definition) is 1. The van der Waals surface area contributed by atoms with Crippen LogP contribution < -0.4 is 0 Å². The van der Waals surface area contributed by atoms with Gasteiger partial charge in [-0.2, -0.15) is 10.2 Å². The number of carboxylic acids is 1. The second kappa shape index (κ2) is 8.87. The zero-order valence-electron chi connectivity index (χ0n) is 19.4. The lowest BCUT2D eigenvalue weighted by atomic mass is 9.95. The number of carboxylic acid groups (broad SMARTS) is 1. The van der Waals surface area contributed by atoms with E-state index in [0.717, 1.165) is 64.9 Å². The van der Waals surface area contributed by atoms with Crippen molar-refractivity contribution in [3.63, 3.8) is 0 Å². The average molecular weight is 458 g/mol. The second-order valence-electron chi connectivity index (χ2n) is 8.76. The summed E-state index contributed by atoms with van der Waals surface area (Å²) in [6.45, 7) is 7.02. The molecule has 1 N–H and O–H groups in total. The third-order valence-corrected chi connectivity index (χ3v) is 6.31. The van der Waals surface area contributed by atoms with Crippen molar-refractivity contribution >= 4 is 22.4 Å². The Hall–Kier alpha value is -3.78. The summed E-state index contributed by atoms with van der Waals surface area (Å²) >= 11 is 0. The van der Waals surface area contributed by atoms with Crippen molar-refractivity contribution in [3.05, 3.63) is 71.7 Å². The summed E-state index contributed by atoms with van der Waals surface area (Å²) in [4.78, 5) is 15.9. The van der Waals surface area contributed by atoms with E-state index in [2.05, 4.69) is 28.9 Å². The zero-order valence-corrected chi connectivity index (χ0v) is 19.4. The summed E-state index contributed by atoms with van der Waals surface area (Å²) in [5.74, 6) is 0.416. The molecule has 174 valence electrons. The van der Waals surface area contributed by atoms with Crippen molar-refractivity contribution in [1.82, 2.24) is 24.5 Å². The van der Waals surface area contributed by atoms with Gasteiger partial charge in [-0.1, -0.05) is 30.4 Å². The highest BCUT2D eigenvalue weighted by atomic mass is 16.5. The van der Waals surface area contributed by atoms with Gasteiger partial charge in [0.05, 0.1) is 17.3 Å². The molecule has 3 heterocycles. The Kier molecular flexibility index (Phi) is 5.75. The Morgan fingerprint density at radius 1 is 1.21 bits per heavy atom. The van der Waals surface area contributed by atoms with E-state index in [4.69, 9.17) is 14.8 Å². The lowest BCUT2D eigenvalue weighted by Crippen LogP contribution is -2.19. The van der Waals surface area contributed by atoms with Crippen LogP contribution in [0.15, 0.2) is 49.2 Å². The fourth-order valence-corrected chi connectivity index (χ4v) is 4.59.